The first kappa shape index (κ1) is 12.1. The van der Waals surface area contributed by atoms with Crippen molar-refractivity contribution < 1.29 is 5.11 Å². The van der Waals surface area contributed by atoms with Gasteiger partial charge < -0.3 is 16.2 Å². The molecule has 4 heteroatoms. The molecule has 0 aliphatic carbocycles. The van der Waals surface area contributed by atoms with Crippen molar-refractivity contribution in [2.45, 2.75) is 19.9 Å². The van der Waals surface area contributed by atoms with Crippen LogP contribution in [0.2, 0.25) is 5.02 Å². The first-order chi connectivity index (χ1) is 7.04. The smallest absolute Gasteiger partial charge is 0.0658 e. The third kappa shape index (κ3) is 3.29. The maximum atomic E-state index is 9.17. The SMILES string of the molecule is CC(C)C(CO)Nc1ccc(N)cc1Cl. The van der Waals surface area contributed by atoms with Gasteiger partial charge in [-0.1, -0.05) is 25.4 Å². The maximum Gasteiger partial charge on any atom is 0.0658 e. The van der Waals surface area contributed by atoms with E-state index in [2.05, 4.69) is 5.32 Å². The van der Waals surface area contributed by atoms with Crippen LogP contribution in [0.4, 0.5) is 11.4 Å². The summed E-state index contributed by atoms with van der Waals surface area (Å²) in [5.74, 6) is 0.337. The van der Waals surface area contributed by atoms with E-state index in [-0.39, 0.29) is 12.6 Å². The molecule has 0 spiro atoms. The van der Waals surface area contributed by atoms with Crippen LogP contribution in [0.3, 0.4) is 0 Å². The van der Waals surface area contributed by atoms with Gasteiger partial charge in [-0.3, -0.25) is 0 Å². The fraction of sp³-hybridized carbons (Fsp3) is 0.455. The molecule has 0 radical (unpaired) electrons. The predicted molar refractivity (Wildman–Crippen MR) is 65.2 cm³/mol. The van der Waals surface area contributed by atoms with Gasteiger partial charge in [-0.15, -0.1) is 0 Å². The lowest BCUT2D eigenvalue weighted by Gasteiger charge is -2.21. The molecule has 0 bridgehead atoms. The summed E-state index contributed by atoms with van der Waals surface area (Å²) in [4.78, 5) is 0. The van der Waals surface area contributed by atoms with E-state index in [0.717, 1.165) is 5.69 Å². The van der Waals surface area contributed by atoms with Crippen molar-refractivity contribution in [1.29, 1.82) is 0 Å². The number of hydrogen-bond acceptors (Lipinski definition) is 3. The quantitative estimate of drug-likeness (QED) is 0.694. The van der Waals surface area contributed by atoms with Crippen LogP contribution in [0.1, 0.15) is 13.8 Å². The molecule has 1 aromatic rings. The Morgan fingerprint density at radius 3 is 2.60 bits per heavy atom. The molecule has 4 N–H and O–H groups in total. The van der Waals surface area contributed by atoms with Crippen molar-refractivity contribution in [1.82, 2.24) is 0 Å². The molecule has 0 aliphatic rings. The summed E-state index contributed by atoms with van der Waals surface area (Å²) in [6.45, 7) is 4.16. The molecular weight excluding hydrogens is 212 g/mol. The zero-order valence-corrected chi connectivity index (χ0v) is 9.75. The van der Waals surface area contributed by atoms with E-state index in [4.69, 9.17) is 17.3 Å². The number of nitrogen functional groups attached to an aromatic ring is 1. The molecule has 0 heterocycles. The summed E-state index contributed by atoms with van der Waals surface area (Å²) in [5.41, 5.74) is 7.03. The number of aliphatic hydroxyl groups is 1. The third-order valence-corrected chi connectivity index (χ3v) is 2.65. The van der Waals surface area contributed by atoms with Crippen LogP contribution in [0.25, 0.3) is 0 Å². The number of hydrogen-bond donors (Lipinski definition) is 3. The van der Waals surface area contributed by atoms with Crippen molar-refractivity contribution in [2.24, 2.45) is 5.92 Å². The minimum atomic E-state index is 0.00567. The Bertz CT molecular complexity index is 328. The topological polar surface area (TPSA) is 58.3 Å². The zero-order valence-electron chi connectivity index (χ0n) is 9.00. The van der Waals surface area contributed by atoms with Crippen LogP contribution < -0.4 is 11.1 Å². The van der Waals surface area contributed by atoms with E-state index in [1.54, 1.807) is 12.1 Å². The molecule has 1 aromatic carbocycles. The maximum absolute atomic E-state index is 9.17. The van der Waals surface area contributed by atoms with Crippen molar-refractivity contribution in [2.75, 3.05) is 17.7 Å². The summed E-state index contributed by atoms with van der Waals surface area (Å²) in [6.07, 6.45) is 0. The van der Waals surface area contributed by atoms with E-state index in [9.17, 15) is 5.11 Å². The number of rotatable bonds is 4. The van der Waals surface area contributed by atoms with Gasteiger partial charge in [0.15, 0.2) is 0 Å². The summed E-state index contributed by atoms with van der Waals surface area (Å²) >= 11 is 6.01. The molecule has 1 rings (SSSR count). The standard InChI is InChI=1S/C11H17ClN2O/c1-7(2)11(6-15)14-10-4-3-8(13)5-9(10)12/h3-5,7,11,14-15H,6,13H2,1-2H3. The Morgan fingerprint density at radius 2 is 2.13 bits per heavy atom. The van der Waals surface area contributed by atoms with Gasteiger partial charge in [0.25, 0.3) is 0 Å². The molecule has 0 fully saturated rings. The normalized spacial score (nSPS) is 12.9. The fourth-order valence-corrected chi connectivity index (χ4v) is 1.51. The van der Waals surface area contributed by atoms with Gasteiger partial charge in [0, 0.05) is 5.69 Å². The fourth-order valence-electron chi connectivity index (χ4n) is 1.27. The lowest BCUT2D eigenvalue weighted by Crippen LogP contribution is -2.29. The average Bonchev–Trinajstić information content (AvgIpc) is 2.16. The van der Waals surface area contributed by atoms with Gasteiger partial charge >= 0.3 is 0 Å². The van der Waals surface area contributed by atoms with E-state index < -0.39 is 0 Å². The van der Waals surface area contributed by atoms with Crippen LogP contribution in [0, 0.1) is 5.92 Å². The Labute approximate surface area is 95.2 Å². The molecule has 15 heavy (non-hydrogen) atoms. The summed E-state index contributed by atoms with van der Waals surface area (Å²) < 4.78 is 0. The third-order valence-electron chi connectivity index (χ3n) is 2.34. The van der Waals surface area contributed by atoms with Crippen LogP contribution in [-0.4, -0.2) is 17.8 Å². The van der Waals surface area contributed by atoms with E-state index in [0.29, 0.717) is 16.6 Å². The van der Waals surface area contributed by atoms with Crippen molar-refractivity contribution in [3.8, 4) is 0 Å². The summed E-state index contributed by atoms with van der Waals surface area (Å²) in [5, 5.41) is 12.9. The monoisotopic (exact) mass is 228 g/mol. The van der Waals surface area contributed by atoms with Crippen LogP contribution >= 0.6 is 11.6 Å². The Balaban J connectivity index is 2.79. The molecule has 84 valence electrons. The molecule has 0 aliphatic heterocycles. The number of nitrogens with one attached hydrogen (secondary N) is 1. The average molecular weight is 229 g/mol. The largest absolute Gasteiger partial charge is 0.399 e. The second-order valence-electron chi connectivity index (χ2n) is 3.92. The minimum absolute atomic E-state index is 0.00567. The predicted octanol–water partition coefficient (Wildman–Crippen LogP) is 2.35. The highest BCUT2D eigenvalue weighted by atomic mass is 35.5. The highest BCUT2D eigenvalue weighted by molar-refractivity contribution is 6.33. The van der Waals surface area contributed by atoms with Crippen molar-refractivity contribution in [3.63, 3.8) is 0 Å². The first-order valence-electron chi connectivity index (χ1n) is 4.97. The molecule has 1 atom stereocenters. The Kier molecular flexibility index (Phi) is 4.24. The second-order valence-corrected chi connectivity index (χ2v) is 4.32. The van der Waals surface area contributed by atoms with Gasteiger partial charge in [-0.05, 0) is 24.1 Å². The van der Waals surface area contributed by atoms with Gasteiger partial charge in [0.2, 0.25) is 0 Å². The van der Waals surface area contributed by atoms with Gasteiger partial charge in [0.05, 0.1) is 23.4 Å². The Hall–Kier alpha value is -0.930. The van der Waals surface area contributed by atoms with Crippen molar-refractivity contribution in [3.05, 3.63) is 23.2 Å². The lowest BCUT2D eigenvalue weighted by atomic mass is 10.1. The molecule has 3 nitrogen and oxygen atoms in total. The van der Waals surface area contributed by atoms with Crippen molar-refractivity contribution >= 4 is 23.0 Å². The molecular formula is C11H17ClN2O. The Morgan fingerprint density at radius 1 is 1.47 bits per heavy atom. The van der Waals surface area contributed by atoms with Crippen LogP contribution in [0.15, 0.2) is 18.2 Å². The van der Waals surface area contributed by atoms with E-state index in [1.807, 2.05) is 19.9 Å². The zero-order chi connectivity index (χ0) is 11.4. The highest BCUT2D eigenvalue weighted by Gasteiger charge is 2.12. The number of benzene rings is 1. The number of nitrogens with two attached hydrogens (primary N) is 1. The van der Waals surface area contributed by atoms with Crippen LogP contribution in [-0.2, 0) is 0 Å². The first-order valence-corrected chi connectivity index (χ1v) is 5.34. The van der Waals surface area contributed by atoms with Gasteiger partial charge in [-0.25, -0.2) is 0 Å². The lowest BCUT2D eigenvalue weighted by molar-refractivity contribution is 0.249. The minimum Gasteiger partial charge on any atom is -0.399 e. The van der Waals surface area contributed by atoms with Gasteiger partial charge in [0.1, 0.15) is 0 Å². The highest BCUT2D eigenvalue weighted by Crippen LogP contribution is 2.25. The number of aliphatic hydroxyl groups excluding tert-OH is 1. The molecule has 1 unspecified atom stereocenters. The molecule has 0 saturated carbocycles. The van der Waals surface area contributed by atoms with E-state index in [1.165, 1.54) is 0 Å². The molecule has 0 amide bonds. The summed E-state index contributed by atoms with van der Waals surface area (Å²) in [7, 11) is 0. The molecule has 0 saturated heterocycles. The number of halogens is 1. The van der Waals surface area contributed by atoms with Gasteiger partial charge in [-0.2, -0.15) is 0 Å². The van der Waals surface area contributed by atoms with E-state index >= 15 is 0 Å². The van der Waals surface area contributed by atoms with Crippen LogP contribution in [0.5, 0.6) is 0 Å². The summed E-state index contributed by atoms with van der Waals surface area (Å²) in [6, 6.07) is 5.30. The second kappa shape index (κ2) is 5.24. The molecule has 0 aromatic heterocycles. The number of anilines is 2.